The minimum Gasteiger partial charge on any atom is -0.859 e. The summed E-state index contributed by atoms with van der Waals surface area (Å²) in [7, 11) is -1.56. The van der Waals surface area contributed by atoms with Crippen molar-refractivity contribution in [2.75, 3.05) is 0 Å². The van der Waals surface area contributed by atoms with Gasteiger partial charge >= 0.3 is 63.2 Å². The Balaban J connectivity index is -0.000000110. The van der Waals surface area contributed by atoms with Gasteiger partial charge in [0.2, 0.25) is 0 Å². The van der Waals surface area contributed by atoms with Crippen molar-refractivity contribution < 1.29 is 82.8 Å². The van der Waals surface area contributed by atoms with Gasteiger partial charge in [0.1, 0.15) is 0 Å². The Bertz CT molecular complexity index is 1100. The van der Waals surface area contributed by atoms with Gasteiger partial charge in [-0.25, -0.2) is 40.3 Å². The molecule has 0 aliphatic carbocycles. The molecule has 0 aliphatic heterocycles. The summed E-state index contributed by atoms with van der Waals surface area (Å²) >= 11 is 39.9. The van der Waals surface area contributed by atoms with Crippen molar-refractivity contribution >= 4 is 157 Å². The first kappa shape index (κ1) is 77.1. The molecule has 0 radical (unpaired) electrons. The van der Waals surface area contributed by atoms with Gasteiger partial charge in [0.05, 0.1) is 0 Å². The van der Waals surface area contributed by atoms with E-state index in [1.54, 1.807) is 0 Å². The van der Waals surface area contributed by atoms with Gasteiger partial charge in [-0.3, -0.25) is 0 Å². The van der Waals surface area contributed by atoms with E-state index in [2.05, 4.69) is 166 Å². The van der Waals surface area contributed by atoms with Crippen molar-refractivity contribution in [3.63, 3.8) is 0 Å². The maximum absolute atomic E-state index is 11.9. The third kappa shape index (κ3) is 34.7. The van der Waals surface area contributed by atoms with Gasteiger partial charge in [-0.1, -0.05) is 166 Å². The molecule has 0 aliphatic rings. The van der Waals surface area contributed by atoms with Gasteiger partial charge in [0, 0.05) is 0 Å². The van der Waals surface area contributed by atoms with Crippen LogP contribution < -0.4 is 19.6 Å². The Labute approximate surface area is 437 Å². The fraction of sp³-hybridized carbons (Fsp3) is 1.00. The van der Waals surface area contributed by atoms with E-state index in [0.29, 0.717) is 0 Å². The van der Waals surface area contributed by atoms with E-state index in [1.807, 2.05) is 0 Å². The molecule has 23 heteroatoms. The van der Waals surface area contributed by atoms with Gasteiger partial charge in [-0.05, 0) is 38.0 Å². The van der Waals surface area contributed by atoms with Crippen LogP contribution in [0.2, 0.25) is 0 Å². The van der Waals surface area contributed by atoms with E-state index in [0.717, 1.165) is 0 Å². The van der Waals surface area contributed by atoms with Crippen LogP contribution in [0.3, 0.4) is 0 Å². The van der Waals surface area contributed by atoms with Crippen LogP contribution in [0.15, 0.2) is 0 Å². The molecule has 0 aromatic carbocycles. The molecule has 0 aromatic heterocycles. The van der Waals surface area contributed by atoms with Gasteiger partial charge < -0.3 is 136 Å². The van der Waals surface area contributed by atoms with Crippen LogP contribution >= 0.6 is 18.7 Å². The number of rotatable bonds is 0. The molecule has 0 spiro atoms. The summed E-state index contributed by atoms with van der Waals surface area (Å²) < 4.78 is -11.8. The SMILES string of the molecule is CC(C)(C)S(C(C)(C)C)=P([O-])([S-])[S-].CC(C)(C)S(C(C)(C)C)=P([O-])([S-])[S-].CC(C)(C)S(C(C)(C)C)=P([O-])([S-])[S-].CC(C)(C)S(C(C)(C)C)=P([O-])([S-])[S-].[Mo+4].[Mo+4].[Mo+4]. The van der Waals surface area contributed by atoms with Crippen LogP contribution in [0.25, 0.3) is 0 Å². The monoisotopic (exact) mass is 1320 g/mol. The first-order chi connectivity index (χ1) is 21.5. The Morgan fingerprint density at radius 3 is 0.291 bits per heavy atom. The summed E-state index contributed by atoms with van der Waals surface area (Å²) in [4.78, 5) is 47.4. The molecule has 0 saturated heterocycles. The van der Waals surface area contributed by atoms with Crippen molar-refractivity contribution in [1.82, 2.24) is 0 Å². The Hall–Kier alpha value is 7.82. The molecule has 0 rings (SSSR count). The van der Waals surface area contributed by atoms with Crippen molar-refractivity contribution in [2.45, 2.75) is 204 Å². The molecular formula is C32H72Mo3O4P4S12. The first-order valence-corrected chi connectivity index (χ1v) is 38.8. The molecular weight excluding hydrogens is 1240 g/mol. The summed E-state index contributed by atoms with van der Waals surface area (Å²) in [6.07, 6.45) is 0. The maximum atomic E-state index is 11.9. The minimum atomic E-state index is -2.82. The number of hydrogen-bond donors (Lipinski definition) is 0. The van der Waals surface area contributed by atoms with E-state index in [4.69, 9.17) is 98.0 Å². The third-order valence-corrected chi connectivity index (χ3v) is 45.8. The quantitative estimate of drug-likeness (QED) is 0.132. The zero-order valence-corrected chi connectivity index (χ0v) is 56.9. The predicted molar refractivity (Wildman–Crippen MR) is 274 cm³/mol. The first-order valence-electron chi connectivity index (χ1n) is 16.6. The van der Waals surface area contributed by atoms with Crippen molar-refractivity contribution in [2.24, 2.45) is 0 Å². The summed E-state index contributed by atoms with van der Waals surface area (Å²) in [6.45, 7) is 49.5. The van der Waals surface area contributed by atoms with Crippen molar-refractivity contribution in [3.8, 4) is 0 Å². The molecule has 0 unspecified atom stereocenters. The second kappa shape index (κ2) is 27.1. The molecule has 0 aromatic rings. The summed E-state index contributed by atoms with van der Waals surface area (Å²) in [5, 5.41) is 0. The van der Waals surface area contributed by atoms with E-state index >= 15 is 0 Å². The Kier molecular flexibility index (Phi) is 38.0. The van der Waals surface area contributed by atoms with E-state index < -0.39 is 59.0 Å². The van der Waals surface area contributed by atoms with Crippen LogP contribution in [-0.2, 0) is 201 Å². The fourth-order valence-electron chi connectivity index (χ4n) is 6.36. The van der Waals surface area contributed by atoms with Crippen LogP contribution in [-0.4, -0.2) is 38.0 Å². The van der Waals surface area contributed by atoms with E-state index in [1.165, 1.54) is 0 Å². The van der Waals surface area contributed by atoms with Crippen molar-refractivity contribution in [1.29, 1.82) is 0 Å². The summed E-state index contributed by atoms with van der Waals surface area (Å²) in [5.74, 6) is 0. The maximum Gasteiger partial charge on any atom is 4.00 e. The van der Waals surface area contributed by atoms with Gasteiger partial charge in [0.15, 0.2) is 0 Å². The van der Waals surface area contributed by atoms with Crippen LogP contribution in [0, 0.1) is 0 Å². The van der Waals surface area contributed by atoms with Gasteiger partial charge in [-0.2, -0.15) is 0 Å². The summed E-state index contributed by atoms with van der Waals surface area (Å²) in [6, 6.07) is 0. The molecule has 0 fully saturated rings. The zero-order valence-electron chi connectivity index (χ0n) is 37.5. The van der Waals surface area contributed by atoms with E-state index in [9.17, 15) is 19.6 Å². The molecule has 0 saturated carbocycles. The second-order valence-corrected chi connectivity index (χ2v) is 66.7. The normalized spacial score (nSPS) is 14.4. The average Bonchev–Trinajstić information content (AvgIpc) is 2.51. The summed E-state index contributed by atoms with van der Waals surface area (Å²) in [5.41, 5.74) is 0. The molecule has 0 N–H and O–H groups in total. The molecule has 0 amide bonds. The van der Waals surface area contributed by atoms with Crippen LogP contribution in [0.1, 0.15) is 166 Å². The molecule has 0 heterocycles. The van der Waals surface area contributed by atoms with E-state index in [-0.39, 0.29) is 101 Å². The van der Waals surface area contributed by atoms with Crippen LogP contribution in [0.5, 0.6) is 0 Å². The molecule has 334 valence electrons. The Morgan fingerprint density at radius 1 is 0.236 bits per heavy atom. The molecule has 4 nitrogen and oxygen atoms in total. The zero-order chi connectivity index (χ0) is 44.3. The van der Waals surface area contributed by atoms with Gasteiger partial charge in [-0.15, -0.1) is 0 Å². The standard InChI is InChI=1S/4C8H18OPS3.3Mo/c4*1-7(2,3)13(8(4,5)6)10(9,11)12;;;/h4*1-6H3;;;/q4*-3;3*+4. The fourth-order valence-corrected chi connectivity index (χ4v) is 67.4. The third-order valence-electron chi connectivity index (χ3n) is 5.53. The smallest absolute Gasteiger partial charge is 0.859 e. The largest absolute Gasteiger partial charge is 4.00 e. The predicted octanol–water partition coefficient (Wildman–Crippen LogP) is 9.33. The molecule has 0 atom stereocenters. The van der Waals surface area contributed by atoms with Crippen molar-refractivity contribution in [3.05, 3.63) is 0 Å². The molecule has 0 bridgehead atoms. The Morgan fingerprint density at radius 2 is 0.291 bits per heavy atom. The average molecular weight is 1320 g/mol. The second-order valence-electron chi connectivity index (χ2n) is 19.8. The van der Waals surface area contributed by atoms with Crippen LogP contribution in [0.4, 0.5) is 0 Å². The minimum absolute atomic E-state index is 0. The van der Waals surface area contributed by atoms with Gasteiger partial charge in [0.25, 0.3) is 0 Å². The molecule has 55 heavy (non-hydrogen) atoms. The number of hydrogen-bond acceptors (Lipinski definition) is 12. The topological polar surface area (TPSA) is 92.2 Å².